The molecule has 0 aliphatic carbocycles. The zero-order valence-corrected chi connectivity index (χ0v) is 11.2. The molecule has 2 heterocycles. The number of morpholine rings is 1. The van der Waals surface area contributed by atoms with Crippen LogP contribution in [0, 0.1) is 0 Å². The van der Waals surface area contributed by atoms with Crippen molar-refractivity contribution in [2.24, 2.45) is 0 Å². The van der Waals surface area contributed by atoms with Crippen molar-refractivity contribution < 1.29 is 9.53 Å². The first-order valence-corrected chi connectivity index (χ1v) is 6.73. The number of carbonyl (C=O) groups excluding carboxylic acids is 1. The highest BCUT2D eigenvalue weighted by molar-refractivity contribution is 6.08. The van der Waals surface area contributed by atoms with Crippen molar-refractivity contribution in [2.45, 2.75) is 0 Å². The van der Waals surface area contributed by atoms with Crippen molar-refractivity contribution in [2.75, 3.05) is 31.2 Å². The molecule has 102 valence electrons. The van der Waals surface area contributed by atoms with Crippen molar-refractivity contribution in [3.63, 3.8) is 0 Å². The van der Waals surface area contributed by atoms with E-state index >= 15 is 0 Å². The van der Waals surface area contributed by atoms with Gasteiger partial charge in [-0.15, -0.1) is 0 Å². The predicted octanol–water partition coefficient (Wildman–Crippen LogP) is 2.15. The normalized spacial score (nSPS) is 15.1. The van der Waals surface area contributed by atoms with E-state index < -0.39 is 0 Å². The Bertz CT molecular complexity index is 575. The molecule has 0 bridgehead atoms. The number of benzene rings is 1. The van der Waals surface area contributed by atoms with E-state index in [1.54, 1.807) is 6.20 Å². The van der Waals surface area contributed by atoms with Gasteiger partial charge in [0.15, 0.2) is 5.78 Å². The summed E-state index contributed by atoms with van der Waals surface area (Å²) in [6, 6.07) is 13.0. The predicted molar refractivity (Wildman–Crippen MR) is 77.1 cm³/mol. The smallest absolute Gasteiger partial charge is 0.194 e. The first-order valence-electron chi connectivity index (χ1n) is 6.73. The lowest BCUT2D eigenvalue weighted by Crippen LogP contribution is -2.36. The largest absolute Gasteiger partial charge is 0.378 e. The van der Waals surface area contributed by atoms with Gasteiger partial charge in [-0.3, -0.25) is 4.79 Å². The Morgan fingerprint density at radius 1 is 1.00 bits per heavy atom. The third-order valence-electron chi connectivity index (χ3n) is 3.38. The van der Waals surface area contributed by atoms with E-state index in [0.29, 0.717) is 11.1 Å². The summed E-state index contributed by atoms with van der Waals surface area (Å²) in [6.07, 6.45) is 1.65. The van der Waals surface area contributed by atoms with Gasteiger partial charge in [-0.25, -0.2) is 4.98 Å². The van der Waals surface area contributed by atoms with Gasteiger partial charge in [-0.05, 0) is 12.1 Å². The quantitative estimate of drug-likeness (QED) is 0.800. The van der Waals surface area contributed by atoms with Crippen molar-refractivity contribution in [1.29, 1.82) is 0 Å². The summed E-state index contributed by atoms with van der Waals surface area (Å²) < 4.78 is 5.32. The first kappa shape index (κ1) is 12.8. The fourth-order valence-corrected chi connectivity index (χ4v) is 2.26. The van der Waals surface area contributed by atoms with Crippen LogP contribution in [0.5, 0.6) is 0 Å². The Labute approximate surface area is 118 Å². The fraction of sp³-hybridized carbons (Fsp3) is 0.250. The Morgan fingerprint density at radius 2 is 1.75 bits per heavy atom. The number of hydrogen-bond donors (Lipinski definition) is 0. The number of anilines is 1. The number of carbonyl (C=O) groups is 1. The van der Waals surface area contributed by atoms with Crippen LogP contribution in [0.4, 0.5) is 5.82 Å². The average molecular weight is 268 g/mol. The molecule has 0 spiro atoms. The molecule has 3 rings (SSSR count). The number of ketones is 1. The molecule has 0 saturated carbocycles. The highest BCUT2D eigenvalue weighted by atomic mass is 16.5. The molecule has 0 amide bonds. The Balaban J connectivity index is 1.77. The first-order chi connectivity index (χ1) is 9.84. The second-order valence-electron chi connectivity index (χ2n) is 4.70. The molecule has 0 unspecified atom stereocenters. The van der Waals surface area contributed by atoms with E-state index in [0.717, 1.165) is 32.1 Å². The van der Waals surface area contributed by atoms with E-state index in [2.05, 4.69) is 9.88 Å². The third-order valence-corrected chi connectivity index (χ3v) is 3.38. The molecule has 1 fully saturated rings. The molecule has 4 heteroatoms. The summed E-state index contributed by atoms with van der Waals surface area (Å²) in [5, 5.41) is 0. The third kappa shape index (κ3) is 2.70. The van der Waals surface area contributed by atoms with Crippen LogP contribution in [0.3, 0.4) is 0 Å². The second kappa shape index (κ2) is 5.84. The second-order valence-corrected chi connectivity index (χ2v) is 4.70. The maximum absolute atomic E-state index is 12.3. The minimum absolute atomic E-state index is 0.00614. The van der Waals surface area contributed by atoms with Crippen LogP contribution in [0.2, 0.25) is 0 Å². The highest BCUT2D eigenvalue weighted by Crippen LogP contribution is 2.15. The molecule has 1 aliphatic rings. The van der Waals surface area contributed by atoms with E-state index in [9.17, 15) is 4.79 Å². The van der Waals surface area contributed by atoms with Crippen LogP contribution in [0.25, 0.3) is 0 Å². The van der Waals surface area contributed by atoms with Gasteiger partial charge >= 0.3 is 0 Å². The highest BCUT2D eigenvalue weighted by Gasteiger charge is 2.14. The molecule has 4 nitrogen and oxygen atoms in total. The maximum atomic E-state index is 12.3. The number of aromatic nitrogens is 1. The Kier molecular flexibility index (Phi) is 3.74. The molecule has 2 aromatic rings. The van der Waals surface area contributed by atoms with Gasteiger partial charge in [-0.2, -0.15) is 0 Å². The minimum atomic E-state index is 0.00614. The van der Waals surface area contributed by atoms with Gasteiger partial charge in [0.25, 0.3) is 0 Å². The number of rotatable bonds is 3. The summed E-state index contributed by atoms with van der Waals surface area (Å²) in [5.74, 6) is 0.907. The van der Waals surface area contributed by atoms with E-state index in [1.807, 2.05) is 42.5 Å². The number of hydrogen-bond acceptors (Lipinski definition) is 4. The van der Waals surface area contributed by atoms with Crippen LogP contribution in [-0.2, 0) is 4.74 Å². The maximum Gasteiger partial charge on any atom is 0.194 e. The van der Waals surface area contributed by atoms with E-state index in [1.165, 1.54) is 0 Å². The van der Waals surface area contributed by atoms with Crippen LogP contribution >= 0.6 is 0 Å². The summed E-state index contributed by atoms with van der Waals surface area (Å²) >= 11 is 0. The lowest BCUT2D eigenvalue weighted by atomic mass is 10.1. The SMILES string of the molecule is O=C(c1ccccc1)c1ccc(N2CCOCC2)nc1. The molecule has 1 aromatic heterocycles. The van der Waals surface area contributed by atoms with Gasteiger partial charge in [0.05, 0.1) is 13.2 Å². The molecule has 20 heavy (non-hydrogen) atoms. The molecular formula is C16H16N2O2. The van der Waals surface area contributed by atoms with Crippen molar-refractivity contribution in [3.8, 4) is 0 Å². The van der Waals surface area contributed by atoms with E-state index in [4.69, 9.17) is 4.74 Å². The molecule has 0 N–H and O–H groups in total. The number of pyridine rings is 1. The number of ether oxygens (including phenoxy) is 1. The lowest BCUT2D eigenvalue weighted by Gasteiger charge is -2.27. The Hall–Kier alpha value is -2.20. The van der Waals surface area contributed by atoms with E-state index in [-0.39, 0.29) is 5.78 Å². The Morgan fingerprint density at radius 3 is 2.40 bits per heavy atom. The van der Waals surface area contributed by atoms with Crippen LogP contribution in [-0.4, -0.2) is 37.1 Å². The zero-order valence-electron chi connectivity index (χ0n) is 11.2. The molecule has 1 saturated heterocycles. The number of nitrogens with zero attached hydrogens (tertiary/aromatic N) is 2. The van der Waals surface area contributed by atoms with Crippen LogP contribution in [0.1, 0.15) is 15.9 Å². The standard InChI is InChI=1S/C16H16N2O2/c19-16(13-4-2-1-3-5-13)14-6-7-15(17-12-14)18-8-10-20-11-9-18/h1-7,12H,8-11H2. The van der Waals surface area contributed by atoms with Gasteiger partial charge in [0.1, 0.15) is 5.82 Å². The molecule has 0 atom stereocenters. The van der Waals surface area contributed by atoms with Crippen LogP contribution < -0.4 is 4.90 Å². The van der Waals surface area contributed by atoms with Gasteiger partial charge in [0.2, 0.25) is 0 Å². The summed E-state index contributed by atoms with van der Waals surface area (Å²) in [6.45, 7) is 3.15. The van der Waals surface area contributed by atoms with Crippen molar-refractivity contribution in [3.05, 3.63) is 59.8 Å². The summed E-state index contributed by atoms with van der Waals surface area (Å²) in [7, 11) is 0. The topological polar surface area (TPSA) is 42.4 Å². The zero-order chi connectivity index (χ0) is 13.8. The van der Waals surface area contributed by atoms with Gasteiger partial charge in [0, 0.05) is 30.4 Å². The lowest BCUT2D eigenvalue weighted by molar-refractivity contribution is 0.103. The summed E-state index contributed by atoms with van der Waals surface area (Å²) in [4.78, 5) is 18.8. The average Bonchev–Trinajstić information content (AvgIpc) is 2.56. The monoisotopic (exact) mass is 268 g/mol. The molecule has 1 aromatic carbocycles. The van der Waals surface area contributed by atoms with Crippen LogP contribution in [0.15, 0.2) is 48.7 Å². The molecular weight excluding hydrogens is 252 g/mol. The molecule has 0 radical (unpaired) electrons. The summed E-state index contributed by atoms with van der Waals surface area (Å²) in [5.41, 5.74) is 1.31. The van der Waals surface area contributed by atoms with Gasteiger partial charge in [-0.1, -0.05) is 30.3 Å². The minimum Gasteiger partial charge on any atom is -0.378 e. The fourth-order valence-electron chi connectivity index (χ4n) is 2.26. The van der Waals surface area contributed by atoms with Crippen molar-refractivity contribution >= 4 is 11.6 Å². The van der Waals surface area contributed by atoms with Crippen molar-refractivity contribution in [1.82, 2.24) is 4.98 Å². The molecule has 1 aliphatic heterocycles. The van der Waals surface area contributed by atoms with Gasteiger partial charge < -0.3 is 9.64 Å².